The number of hydrogen-bond donors (Lipinski definition) is 0. The molecule has 0 spiro atoms. The average molecular weight is 328 g/mol. The maximum Gasteiger partial charge on any atom is 0.111 e. The van der Waals surface area contributed by atoms with Crippen molar-refractivity contribution in [1.29, 1.82) is 0 Å². The van der Waals surface area contributed by atoms with Gasteiger partial charge in [0, 0.05) is 23.9 Å². The molecule has 1 heterocycles. The van der Waals surface area contributed by atoms with Crippen LogP contribution in [0.15, 0.2) is 18.2 Å². The maximum atomic E-state index is 6.19. The van der Waals surface area contributed by atoms with Crippen LogP contribution in [0.25, 0.3) is 11.0 Å². The Morgan fingerprint density at radius 1 is 1.29 bits per heavy atom. The van der Waals surface area contributed by atoms with Crippen LogP contribution in [-0.2, 0) is 6.42 Å². The number of aryl methyl sites for hydroxylation is 1. The Hall–Kier alpha value is -0.770. The third kappa shape index (κ3) is 3.71. The largest absolute Gasteiger partial charge is 0.323 e. The standard InChI is InChI=1S/C16H23Cl2N3/c1-11(2)15(10-20(3)4)21-14-9-12(18)5-6-13(14)19-16(21)7-8-17/h5-6,9,11,15H,7-8,10H2,1-4H3. The molecule has 5 heteroatoms. The normalized spacial score (nSPS) is 13.5. The fourth-order valence-corrected chi connectivity index (χ4v) is 3.05. The van der Waals surface area contributed by atoms with Gasteiger partial charge in [0.05, 0.1) is 17.1 Å². The van der Waals surface area contributed by atoms with Crippen LogP contribution < -0.4 is 0 Å². The van der Waals surface area contributed by atoms with Crippen LogP contribution in [-0.4, -0.2) is 41.0 Å². The van der Waals surface area contributed by atoms with Crippen molar-refractivity contribution >= 4 is 34.2 Å². The third-order valence-corrected chi connectivity index (χ3v) is 4.12. The molecule has 0 bridgehead atoms. The fraction of sp³-hybridized carbons (Fsp3) is 0.562. The molecule has 0 aliphatic carbocycles. The van der Waals surface area contributed by atoms with Crippen molar-refractivity contribution < 1.29 is 0 Å². The van der Waals surface area contributed by atoms with Gasteiger partial charge in [0.2, 0.25) is 0 Å². The molecule has 0 saturated heterocycles. The van der Waals surface area contributed by atoms with E-state index in [0.717, 1.165) is 34.8 Å². The summed E-state index contributed by atoms with van der Waals surface area (Å²) >= 11 is 12.2. The first kappa shape index (κ1) is 16.6. The highest BCUT2D eigenvalue weighted by molar-refractivity contribution is 6.31. The van der Waals surface area contributed by atoms with E-state index in [-0.39, 0.29) is 0 Å². The Kier molecular flexibility index (Phi) is 5.53. The highest BCUT2D eigenvalue weighted by Crippen LogP contribution is 2.29. The molecule has 0 aliphatic heterocycles. The van der Waals surface area contributed by atoms with E-state index >= 15 is 0 Å². The van der Waals surface area contributed by atoms with Gasteiger partial charge >= 0.3 is 0 Å². The molecular formula is C16H23Cl2N3. The molecule has 0 radical (unpaired) electrons. The summed E-state index contributed by atoms with van der Waals surface area (Å²) in [7, 11) is 4.20. The van der Waals surface area contributed by atoms with Crippen LogP contribution in [0.4, 0.5) is 0 Å². The van der Waals surface area contributed by atoms with Gasteiger partial charge in [0.15, 0.2) is 0 Å². The van der Waals surface area contributed by atoms with E-state index in [1.807, 2.05) is 18.2 Å². The molecule has 3 nitrogen and oxygen atoms in total. The highest BCUT2D eigenvalue weighted by atomic mass is 35.5. The molecule has 1 atom stereocenters. The molecule has 2 aromatic rings. The lowest BCUT2D eigenvalue weighted by molar-refractivity contribution is 0.269. The number of aromatic nitrogens is 2. The summed E-state index contributed by atoms with van der Waals surface area (Å²) in [6.07, 6.45) is 0.768. The number of fused-ring (bicyclic) bond motifs is 1. The van der Waals surface area contributed by atoms with Gasteiger partial charge < -0.3 is 9.47 Å². The molecule has 0 aliphatic rings. The second kappa shape index (κ2) is 6.99. The van der Waals surface area contributed by atoms with Crippen LogP contribution in [0.5, 0.6) is 0 Å². The molecule has 0 N–H and O–H groups in total. The van der Waals surface area contributed by atoms with Crippen molar-refractivity contribution in [1.82, 2.24) is 14.5 Å². The number of rotatable bonds is 6. The number of nitrogens with zero attached hydrogens (tertiary/aromatic N) is 3. The van der Waals surface area contributed by atoms with Crippen molar-refractivity contribution in [2.24, 2.45) is 5.92 Å². The molecule has 2 rings (SSSR count). The Morgan fingerprint density at radius 2 is 2.00 bits per heavy atom. The molecule has 0 saturated carbocycles. The van der Waals surface area contributed by atoms with Gasteiger partial charge in [-0.25, -0.2) is 4.98 Å². The summed E-state index contributed by atoms with van der Waals surface area (Å²) in [5.74, 6) is 2.12. The zero-order chi connectivity index (χ0) is 15.6. The van der Waals surface area contributed by atoms with E-state index in [1.165, 1.54) is 0 Å². The summed E-state index contributed by atoms with van der Waals surface area (Å²) in [6.45, 7) is 5.45. The van der Waals surface area contributed by atoms with Gasteiger partial charge in [-0.15, -0.1) is 11.6 Å². The SMILES string of the molecule is CC(C)C(CN(C)C)n1c(CCCl)nc2ccc(Cl)cc21. The van der Waals surface area contributed by atoms with Gasteiger partial charge in [-0.3, -0.25) is 0 Å². The van der Waals surface area contributed by atoms with E-state index in [4.69, 9.17) is 28.2 Å². The molecular weight excluding hydrogens is 305 g/mol. The molecule has 1 aromatic heterocycles. The van der Waals surface area contributed by atoms with Gasteiger partial charge in [-0.2, -0.15) is 0 Å². The number of alkyl halides is 1. The van der Waals surface area contributed by atoms with E-state index in [2.05, 4.69) is 37.4 Å². The Labute approximate surface area is 136 Å². The summed E-state index contributed by atoms with van der Waals surface area (Å²) < 4.78 is 2.33. The lowest BCUT2D eigenvalue weighted by Crippen LogP contribution is -2.29. The number of benzene rings is 1. The van der Waals surface area contributed by atoms with Crippen molar-refractivity contribution in [2.45, 2.75) is 26.3 Å². The van der Waals surface area contributed by atoms with Crippen LogP contribution in [0.2, 0.25) is 5.02 Å². The minimum atomic E-state index is 0.349. The van der Waals surface area contributed by atoms with Gasteiger partial charge in [0.25, 0.3) is 0 Å². The van der Waals surface area contributed by atoms with E-state index in [9.17, 15) is 0 Å². The Bertz CT molecular complexity index is 605. The molecule has 1 unspecified atom stereocenters. The fourth-order valence-electron chi connectivity index (χ4n) is 2.71. The number of halogens is 2. The monoisotopic (exact) mass is 327 g/mol. The first-order valence-corrected chi connectivity index (χ1v) is 8.22. The van der Waals surface area contributed by atoms with Crippen molar-refractivity contribution in [2.75, 3.05) is 26.5 Å². The lowest BCUT2D eigenvalue weighted by Gasteiger charge is -2.28. The third-order valence-electron chi connectivity index (χ3n) is 3.70. The molecule has 0 amide bonds. The molecule has 0 fully saturated rings. The lowest BCUT2D eigenvalue weighted by atomic mass is 10.0. The van der Waals surface area contributed by atoms with E-state index in [1.54, 1.807) is 0 Å². The topological polar surface area (TPSA) is 21.1 Å². The summed E-state index contributed by atoms with van der Waals surface area (Å²) in [6, 6.07) is 6.23. The van der Waals surface area contributed by atoms with Crippen molar-refractivity contribution in [3.05, 3.63) is 29.0 Å². The van der Waals surface area contributed by atoms with Crippen LogP contribution in [0, 0.1) is 5.92 Å². The second-order valence-electron chi connectivity index (χ2n) is 6.04. The highest BCUT2D eigenvalue weighted by Gasteiger charge is 2.22. The molecule has 1 aromatic carbocycles. The van der Waals surface area contributed by atoms with Gasteiger partial charge in [-0.1, -0.05) is 25.4 Å². The predicted molar refractivity (Wildman–Crippen MR) is 91.6 cm³/mol. The van der Waals surface area contributed by atoms with Crippen LogP contribution in [0.1, 0.15) is 25.7 Å². The first-order chi connectivity index (χ1) is 9.93. The summed E-state index contributed by atoms with van der Waals surface area (Å²) in [5.41, 5.74) is 2.09. The number of imidazole rings is 1. The van der Waals surface area contributed by atoms with Crippen LogP contribution >= 0.6 is 23.2 Å². The van der Waals surface area contributed by atoms with Crippen LogP contribution in [0.3, 0.4) is 0 Å². The Balaban J connectivity index is 2.61. The minimum absolute atomic E-state index is 0.349. The summed E-state index contributed by atoms with van der Waals surface area (Å²) in [5, 5.41) is 0.744. The Morgan fingerprint density at radius 3 is 2.57 bits per heavy atom. The summed E-state index contributed by atoms with van der Waals surface area (Å²) in [4.78, 5) is 6.97. The molecule has 21 heavy (non-hydrogen) atoms. The first-order valence-electron chi connectivity index (χ1n) is 7.31. The average Bonchev–Trinajstić information content (AvgIpc) is 2.73. The zero-order valence-corrected chi connectivity index (χ0v) is 14.6. The minimum Gasteiger partial charge on any atom is -0.323 e. The van der Waals surface area contributed by atoms with Gasteiger partial charge in [0.1, 0.15) is 5.82 Å². The van der Waals surface area contributed by atoms with Crippen molar-refractivity contribution in [3.8, 4) is 0 Å². The quantitative estimate of drug-likeness (QED) is 0.740. The second-order valence-corrected chi connectivity index (χ2v) is 6.86. The molecule has 116 valence electrons. The van der Waals surface area contributed by atoms with E-state index in [0.29, 0.717) is 17.8 Å². The zero-order valence-electron chi connectivity index (χ0n) is 13.1. The smallest absolute Gasteiger partial charge is 0.111 e. The maximum absolute atomic E-state index is 6.19. The number of likely N-dealkylation sites (N-methyl/N-ethyl adjacent to an activating group) is 1. The predicted octanol–water partition coefficient (Wildman–Crippen LogP) is 4.23. The number of hydrogen-bond acceptors (Lipinski definition) is 2. The van der Waals surface area contributed by atoms with Crippen molar-refractivity contribution in [3.63, 3.8) is 0 Å². The van der Waals surface area contributed by atoms with E-state index < -0.39 is 0 Å². The van der Waals surface area contributed by atoms with Gasteiger partial charge in [-0.05, 0) is 38.2 Å².